The molecule has 0 unspecified atom stereocenters. The molecule has 1 saturated carbocycles. The van der Waals surface area contributed by atoms with Gasteiger partial charge in [0.1, 0.15) is 34.1 Å². The first-order valence-electron chi connectivity index (χ1n) is 22.9. The first kappa shape index (κ1) is 54.1. The fourth-order valence-corrected chi connectivity index (χ4v) is 11.5. The van der Waals surface area contributed by atoms with Crippen molar-refractivity contribution >= 4 is 89.9 Å². The highest BCUT2D eigenvalue weighted by Gasteiger charge is 2.49. The number of halogens is 4. The number of carbonyl (C=O) groups is 2. The molecule has 5 N–H and O–H groups in total. The number of primary sulfonamides is 1. The molecule has 0 radical (unpaired) electrons. The Morgan fingerprint density at radius 3 is 2.26 bits per heavy atom. The Bertz CT molecular complexity index is 3100. The van der Waals surface area contributed by atoms with Gasteiger partial charge in [0.25, 0.3) is 5.91 Å². The maximum atomic E-state index is 13.4. The summed E-state index contributed by atoms with van der Waals surface area (Å²) in [6.45, 7) is 6.06. The number of ether oxygens (including phenoxy) is 1. The second-order valence-corrected chi connectivity index (χ2v) is 21.8. The highest BCUT2D eigenvalue weighted by Crippen LogP contribution is 2.41. The molecular formula is C47H52Cl4N12O7S2. The molecule has 72 heavy (non-hydrogen) atoms. The minimum Gasteiger partial charge on any atom is -0.489 e. The minimum atomic E-state index is -4.07. The van der Waals surface area contributed by atoms with E-state index in [-0.39, 0.29) is 40.8 Å². The number of nitrogens with one attached hydrogen (secondary N) is 3. The molecule has 3 aliphatic rings. The highest BCUT2D eigenvalue weighted by molar-refractivity contribution is 7.90. The number of tetrazole rings is 1. The van der Waals surface area contributed by atoms with Crippen LogP contribution in [0.25, 0.3) is 22.5 Å². The third kappa shape index (κ3) is 12.9. The van der Waals surface area contributed by atoms with E-state index in [4.69, 9.17) is 61.3 Å². The topological polar surface area (TPSA) is 253 Å². The van der Waals surface area contributed by atoms with Gasteiger partial charge < -0.3 is 15.0 Å². The third-order valence-corrected chi connectivity index (χ3v) is 15.4. The Morgan fingerprint density at radius 1 is 0.931 bits per heavy atom. The molecule has 25 heteroatoms. The number of hydrogen-bond donors (Lipinski definition) is 4. The maximum Gasteiger partial charge on any atom is 0.329 e. The van der Waals surface area contributed by atoms with Crippen LogP contribution in [0.15, 0.2) is 106 Å². The zero-order valence-corrected chi connectivity index (χ0v) is 43.9. The number of carbonyl (C=O) groups excluding carboxylic acids is 2. The van der Waals surface area contributed by atoms with Crippen molar-refractivity contribution in [2.45, 2.75) is 87.1 Å². The van der Waals surface area contributed by atoms with E-state index in [9.17, 15) is 26.4 Å². The van der Waals surface area contributed by atoms with Crippen molar-refractivity contribution in [1.29, 1.82) is 0 Å². The van der Waals surface area contributed by atoms with Crippen molar-refractivity contribution < 1.29 is 31.2 Å². The van der Waals surface area contributed by atoms with E-state index in [1.54, 1.807) is 29.4 Å². The van der Waals surface area contributed by atoms with E-state index in [1.165, 1.54) is 17.0 Å². The number of nitrogens with two attached hydrogens (primary N) is 1. The van der Waals surface area contributed by atoms with Crippen molar-refractivity contribution in [2.75, 3.05) is 31.7 Å². The largest absolute Gasteiger partial charge is 0.489 e. The van der Waals surface area contributed by atoms with Gasteiger partial charge in [-0.3, -0.25) is 19.3 Å². The van der Waals surface area contributed by atoms with E-state index in [0.717, 1.165) is 85.5 Å². The summed E-state index contributed by atoms with van der Waals surface area (Å²) in [7, 11) is -7.80. The summed E-state index contributed by atoms with van der Waals surface area (Å²) in [4.78, 5) is 37.6. The van der Waals surface area contributed by atoms with Crippen LogP contribution in [0.1, 0.15) is 70.8 Å². The number of aromatic amines is 1. The van der Waals surface area contributed by atoms with Gasteiger partial charge in [-0.2, -0.15) is 9.94 Å². The average Bonchev–Trinajstić information content (AvgIpc) is 4.20. The fourth-order valence-electron chi connectivity index (χ4n) is 8.33. The van der Waals surface area contributed by atoms with Crippen LogP contribution in [0.4, 0.5) is 10.5 Å². The lowest BCUT2D eigenvalue weighted by Gasteiger charge is -2.23. The summed E-state index contributed by atoms with van der Waals surface area (Å²) in [5, 5.41) is 23.1. The summed E-state index contributed by atoms with van der Waals surface area (Å²) in [5.74, 6) is 2.12. The highest BCUT2D eigenvalue weighted by atomic mass is 35.5. The second-order valence-electron chi connectivity index (χ2n) is 16.9. The van der Waals surface area contributed by atoms with Crippen LogP contribution in [-0.4, -0.2) is 106 Å². The quantitative estimate of drug-likeness (QED) is 0.0797. The van der Waals surface area contributed by atoms with E-state index in [0.29, 0.717) is 46.3 Å². The van der Waals surface area contributed by atoms with E-state index < -0.39 is 30.5 Å². The first-order chi connectivity index (χ1) is 34.4. The molecule has 9 rings (SSSR count). The molecule has 0 atom stereocenters. The number of sulfonamides is 2. The number of nitrogens with zero attached hydrogens (tertiary/aromatic N) is 8. The summed E-state index contributed by atoms with van der Waals surface area (Å²) in [6.07, 6.45) is 12.5. The minimum absolute atomic E-state index is 0.0143. The Kier molecular flexibility index (Phi) is 18.0. The normalized spacial score (nSPS) is 15.4. The van der Waals surface area contributed by atoms with Crippen LogP contribution in [0.3, 0.4) is 0 Å². The molecule has 1 aliphatic carbocycles. The SMILES string of the molecule is CCCCC1=NC2(CCCC2)C(=O)N1Cc1ccc(-c2ccccc2-c2nn[nH]n2)cc1.CCCN(CCOc1c(Cl)cc(Cl)cc1Cl)C(=O)n1ccnc1.NS(=O)(=O)c1cc2c(cc1Cl)NCNS2(=O)=O. The molecule has 382 valence electrons. The zero-order chi connectivity index (χ0) is 51.6. The molecule has 19 nitrogen and oxygen atoms in total. The molecule has 6 aromatic rings. The molecule has 1 spiro atoms. The Morgan fingerprint density at radius 2 is 1.64 bits per heavy atom. The van der Waals surface area contributed by atoms with E-state index in [1.807, 2.05) is 30.0 Å². The van der Waals surface area contributed by atoms with Gasteiger partial charge in [-0.1, -0.05) is 128 Å². The van der Waals surface area contributed by atoms with Gasteiger partial charge in [0.2, 0.25) is 25.9 Å². The molecule has 0 bridgehead atoms. The van der Waals surface area contributed by atoms with E-state index >= 15 is 0 Å². The van der Waals surface area contributed by atoms with Crippen LogP contribution >= 0.6 is 46.4 Å². The van der Waals surface area contributed by atoms with Crippen molar-refractivity contribution in [3.05, 3.63) is 117 Å². The van der Waals surface area contributed by atoms with Crippen LogP contribution in [0.2, 0.25) is 20.1 Å². The Balaban J connectivity index is 0.000000167. The molecule has 1 fully saturated rings. The van der Waals surface area contributed by atoms with Crippen molar-refractivity contribution in [3.63, 3.8) is 0 Å². The molecule has 4 heterocycles. The van der Waals surface area contributed by atoms with Crippen molar-refractivity contribution in [3.8, 4) is 28.3 Å². The molecule has 2 amide bonds. The number of aliphatic imine (C=N–C) groups is 1. The number of fused-ring (bicyclic) bond motifs is 1. The average molecular weight is 1100 g/mol. The number of amides is 2. The van der Waals surface area contributed by atoms with Crippen LogP contribution in [-0.2, 0) is 31.4 Å². The van der Waals surface area contributed by atoms with Gasteiger partial charge in [-0.05, 0) is 71.9 Å². The number of rotatable bonds is 14. The first-order valence-corrected chi connectivity index (χ1v) is 27.5. The molecule has 4 aromatic carbocycles. The number of hydrogen-bond acceptors (Lipinski definition) is 13. The lowest BCUT2D eigenvalue weighted by molar-refractivity contribution is -0.131. The summed E-state index contributed by atoms with van der Waals surface area (Å²) in [5.41, 5.74) is 3.93. The third-order valence-electron chi connectivity index (χ3n) is 11.8. The predicted octanol–water partition coefficient (Wildman–Crippen LogP) is 9.03. The van der Waals surface area contributed by atoms with Crippen LogP contribution < -0.4 is 19.9 Å². The van der Waals surface area contributed by atoms with Gasteiger partial charge >= 0.3 is 6.03 Å². The number of anilines is 1. The monoisotopic (exact) mass is 1100 g/mol. The number of imidazole rings is 1. The number of amidine groups is 1. The van der Waals surface area contributed by atoms with Crippen LogP contribution in [0, 0.1) is 0 Å². The molecular weight excluding hydrogens is 1050 g/mol. The molecule has 2 aromatic heterocycles. The summed E-state index contributed by atoms with van der Waals surface area (Å²) < 4.78 is 54.9. The predicted molar refractivity (Wildman–Crippen MR) is 277 cm³/mol. The van der Waals surface area contributed by atoms with Crippen molar-refractivity contribution in [2.24, 2.45) is 10.1 Å². The number of benzene rings is 4. The molecule has 2 aliphatic heterocycles. The number of unbranched alkanes of at least 4 members (excludes halogenated alkanes) is 1. The van der Waals surface area contributed by atoms with Gasteiger partial charge in [-0.15, -0.1) is 10.2 Å². The lowest BCUT2D eigenvalue weighted by Crippen LogP contribution is -2.40. The smallest absolute Gasteiger partial charge is 0.329 e. The van der Waals surface area contributed by atoms with Gasteiger partial charge in [0, 0.05) is 35.9 Å². The second kappa shape index (κ2) is 23.9. The lowest BCUT2D eigenvalue weighted by atomic mass is 9.97. The Labute approximate surface area is 437 Å². The van der Waals surface area contributed by atoms with E-state index in [2.05, 4.69) is 72.9 Å². The molecule has 0 saturated heterocycles. The van der Waals surface area contributed by atoms with Crippen molar-refractivity contribution in [1.82, 2.24) is 44.7 Å². The number of aromatic nitrogens is 6. The number of H-pyrrole nitrogens is 1. The maximum absolute atomic E-state index is 13.4. The van der Waals surface area contributed by atoms with Gasteiger partial charge in [0.15, 0.2) is 5.75 Å². The Hall–Kier alpha value is -5.65. The standard InChI is InChI=1S/C25H28N6O.C15H16Cl3N3O2.C7H8ClN3O4S2/c1-2-3-10-22-26-25(15-6-7-16-25)24(32)31(22)17-18-11-13-19(14-12-18)20-8-4-5-9-21(20)23-27-29-30-28-23;1-2-4-20(15(22)21-5-3-19-10-21)6-7-23-14-12(17)8-11(16)9-13(14)18;8-4-1-5-7(2-6(4)16(9,12)13)17(14,15)11-3-10-5/h4-5,8-9,11-14H,2-3,6-7,10,15-17H2,1H3,(H,27,28,29,30);3,5,8-10H,2,4,6-7H2,1H3;1-2,10-11H,3H2,(H2,9,12,13). The zero-order valence-electron chi connectivity index (χ0n) is 39.2. The summed E-state index contributed by atoms with van der Waals surface area (Å²) >= 11 is 23.7. The van der Waals surface area contributed by atoms with Crippen LogP contribution in [0.5, 0.6) is 5.75 Å². The van der Waals surface area contributed by atoms with Gasteiger partial charge in [-0.25, -0.2) is 31.8 Å². The van der Waals surface area contributed by atoms with Gasteiger partial charge in [0.05, 0.1) is 40.5 Å². The fraction of sp³-hybridized carbons (Fsp3) is 0.340. The summed E-state index contributed by atoms with van der Waals surface area (Å²) in [6, 6.07) is 21.6.